The van der Waals surface area contributed by atoms with Crippen LogP contribution in [0, 0.1) is 0 Å². The van der Waals surface area contributed by atoms with Crippen molar-refractivity contribution in [3.05, 3.63) is 77.9 Å². The van der Waals surface area contributed by atoms with Crippen LogP contribution in [-0.4, -0.2) is 20.5 Å². The number of aromatic nitrogens is 3. The number of hydrogen-bond donors (Lipinski definition) is 2. The van der Waals surface area contributed by atoms with E-state index in [9.17, 15) is 4.79 Å². The van der Waals surface area contributed by atoms with Gasteiger partial charge in [-0.25, -0.2) is 4.52 Å². The minimum atomic E-state index is -0.0232. The van der Waals surface area contributed by atoms with Gasteiger partial charge in [-0.1, -0.05) is 36.4 Å². The summed E-state index contributed by atoms with van der Waals surface area (Å²) in [5.41, 5.74) is 5.40. The maximum atomic E-state index is 11.7. The number of amides is 1. The average Bonchev–Trinajstić information content (AvgIpc) is 3.25. The predicted octanol–water partition coefficient (Wildman–Crippen LogP) is 3.38. The summed E-state index contributed by atoms with van der Waals surface area (Å²) in [6, 6.07) is 21.7. The fourth-order valence-corrected chi connectivity index (χ4v) is 3.22. The van der Waals surface area contributed by atoms with Crippen LogP contribution in [0.2, 0.25) is 0 Å². The summed E-state index contributed by atoms with van der Waals surface area (Å²) >= 11 is 0. The molecule has 0 atom stereocenters. The molecule has 0 spiro atoms. The van der Waals surface area contributed by atoms with Crippen molar-refractivity contribution < 1.29 is 4.79 Å². The monoisotopic (exact) mass is 341 g/mol. The zero-order valence-corrected chi connectivity index (χ0v) is 13.8. The Balaban J connectivity index is 1.52. The number of carbonyl (C=O) groups is 1. The van der Waals surface area contributed by atoms with E-state index < -0.39 is 0 Å². The van der Waals surface area contributed by atoms with Crippen molar-refractivity contribution in [1.29, 1.82) is 0 Å². The van der Waals surface area contributed by atoms with Crippen LogP contribution in [0.4, 0.5) is 11.6 Å². The van der Waals surface area contributed by atoms with Gasteiger partial charge in [0.25, 0.3) is 5.91 Å². The number of carbonyl (C=O) groups excluding carboxylic acids is 1. The van der Waals surface area contributed by atoms with E-state index in [2.05, 4.69) is 20.7 Å². The second kappa shape index (κ2) is 5.70. The number of pyridine rings is 1. The summed E-state index contributed by atoms with van der Waals surface area (Å²) < 4.78 is 1.83. The molecule has 2 aromatic heterocycles. The first-order chi connectivity index (χ1) is 12.8. The Morgan fingerprint density at radius 1 is 1.00 bits per heavy atom. The van der Waals surface area contributed by atoms with E-state index in [0.717, 1.165) is 33.7 Å². The number of anilines is 2. The van der Waals surface area contributed by atoms with Crippen LogP contribution in [0.15, 0.2) is 66.7 Å². The van der Waals surface area contributed by atoms with Crippen molar-refractivity contribution >= 4 is 23.2 Å². The molecule has 1 aliphatic heterocycles. The summed E-state index contributed by atoms with van der Waals surface area (Å²) in [5.74, 6) is 0.496. The Labute approximate surface area is 149 Å². The Morgan fingerprint density at radius 3 is 2.77 bits per heavy atom. The third-order valence-electron chi connectivity index (χ3n) is 4.47. The molecule has 0 fully saturated rings. The Kier molecular flexibility index (Phi) is 3.21. The Hall–Kier alpha value is -3.67. The molecule has 6 nitrogen and oxygen atoms in total. The predicted molar refractivity (Wildman–Crippen MR) is 99.3 cm³/mol. The highest BCUT2D eigenvalue weighted by molar-refractivity contribution is 5.98. The van der Waals surface area contributed by atoms with E-state index in [1.54, 1.807) is 0 Å². The minimum absolute atomic E-state index is 0.0232. The van der Waals surface area contributed by atoms with E-state index in [4.69, 9.17) is 0 Å². The lowest BCUT2D eigenvalue weighted by atomic mass is 10.1. The average molecular weight is 341 g/mol. The number of benzene rings is 2. The van der Waals surface area contributed by atoms with Crippen molar-refractivity contribution in [2.75, 3.05) is 5.32 Å². The molecular formula is C20H15N5O. The van der Waals surface area contributed by atoms with Crippen molar-refractivity contribution in [2.24, 2.45) is 0 Å². The summed E-state index contributed by atoms with van der Waals surface area (Å²) in [7, 11) is 0. The van der Waals surface area contributed by atoms with Crippen molar-refractivity contribution in [3.63, 3.8) is 0 Å². The minimum Gasteiger partial charge on any atom is -0.348 e. The number of nitrogens with one attached hydrogen (secondary N) is 2. The van der Waals surface area contributed by atoms with Gasteiger partial charge in [-0.05, 0) is 35.9 Å². The molecule has 4 aromatic rings. The molecule has 3 heterocycles. The van der Waals surface area contributed by atoms with Crippen LogP contribution in [0.5, 0.6) is 0 Å². The van der Waals surface area contributed by atoms with Gasteiger partial charge in [0, 0.05) is 23.4 Å². The molecular weight excluding hydrogens is 326 g/mol. The maximum absolute atomic E-state index is 11.7. The first-order valence-electron chi connectivity index (χ1n) is 8.37. The lowest BCUT2D eigenvalue weighted by Gasteiger charge is -2.04. The van der Waals surface area contributed by atoms with E-state index in [1.165, 1.54) is 0 Å². The number of hydrogen-bond acceptors (Lipinski definition) is 4. The first kappa shape index (κ1) is 14.7. The zero-order chi connectivity index (χ0) is 17.5. The molecule has 0 bridgehead atoms. The normalized spacial score (nSPS) is 12.8. The summed E-state index contributed by atoms with van der Waals surface area (Å²) in [6.45, 7) is 0.556. The van der Waals surface area contributed by atoms with Gasteiger partial charge in [-0.15, -0.1) is 5.10 Å². The molecule has 0 saturated heterocycles. The van der Waals surface area contributed by atoms with Gasteiger partial charge in [-0.2, -0.15) is 4.98 Å². The van der Waals surface area contributed by atoms with Crippen LogP contribution in [0.1, 0.15) is 15.9 Å². The number of rotatable bonds is 3. The second-order valence-corrected chi connectivity index (χ2v) is 6.16. The van der Waals surface area contributed by atoms with E-state index in [1.807, 2.05) is 71.2 Å². The van der Waals surface area contributed by atoms with Crippen LogP contribution >= 0.6 is 0 Å². The second-order valence-electron chi connectivity index (χ2n) is 6.16. The van der Waals surface area contributed by atoms with Crippen molar-refractivity contribution in [3.8, 4) is 11.3 Å². The molecule has 5 rings (SSSR count). The van der Waals surface area contributed by atoms with Gasteiger partial charge in [0.2, 0.25) is 5.95 Å². The lowest BCUT2D eigenvalue weighted by Crippen LogP contribution is -2.12. The van der Waals surface area contributed by atoms with Gasteiger partial charge < -0.3 is 10.6 Å². The van der Waals surface area contributed by atoms with Gasteiger partial charge in [0.15, 0.2) is 5.65 Å². The third kappa shape index (κ3) is 2.39. The topological polar surface area (TPSA) is 71.3 Å². The summed E-state index contributed by atoms with van der Waals surface area (Å²) in [5, 5.41) is 10.7. The highest BCUT2D eigenvalue weighted by Crippen LogP contribution is 2.24. The molecule has 126 valence electrons. The number of fused-ring (bicyclic) bond motifs is 2. The highest BCUT2D eigenvalue weighted by atomic mass is 16.1. The molecule has 0 saturated carbocycles. The fourth-order valence-electron chi connectivity index (χ4n) is 3.22. The van der Waals surface area contributed by atoms with Crippen LogP contribution in [0.3, 0.4) is 0 Å². The summed E-state index contributed by atoms with van der Waals surface area (Å²) in [4.78, 5) is 16.2. The van der Waals surface area contributed by atoms with E-state index in [0.29, 0.717) is 12.5 Å². The quantitative estimate of drug-likeness (QED) is 0.599. The van der Waals surface area contributed by atoms with E-state index in [-0.39, 0.29) is 5.91 Å². The van der Waals surface area contributed by atoms with Gasteiger partial charge in [0.05, 0.1) is 5.69 Å². The third-order valence-corrected chi connectivity index (χ3v) is 4.47. The molecule has 1 amide bonds. The van der Waals surface area contributed by atoms with Crippen LogP contribution in [0.25, 0.3) is 16.9 Å². The molecule has 0 radical (unpaired) electrons. The largest absolute Gasteiger partial charge is 0.348 e. The van der Waals surface area contributed by atoms with E-state index >= 15 is 0 Å². The molecule has 0 aliphatic carbocycles. The van der Waals surface area contributed by atoms with Gasteiger partial charge in [0.1, 0.15) is 0 Å². The smallest absolute Gasteiger partial charge is 0.251 e. The fraction of sp³-hybridized carbons (Fsp3) is 0.0500. The maximum Gasteiger partial charge on any atom is 0.251 e. The van der Waals surface area contributed by atoms with Crippen LogP contribution in [-0.2, 0) is 6.54 Å². The van der Waals surface area contributed by atoms with Gasteiger partial charge >= 0.3 is 0 Å². The number of nitrogens with zero attached hydrogens (tertiary/aromatic N) is 3. The molecule has 6 heteroatoms. The molecule has 26 heavy (non-hydrogen) atoms. The molecule has 0 unspecified atom stereocenters. The lowest BCUT2D eigenvalue weighted by molar-refractivity contribution is 0.0966. The molecule has 1 aliphatic rings. The van der Waals surface area contributed by atoms with Crippen molar-refractivity contribution in [1.82, 2.24) is 19.9 Å². The van der Waals surface area contributed by atoms with Gasteiger partial charge in [-0.3, -0.25) is 4.79 Å². The molecule has 2 N–H and O–H groups in total. The summed E-state index contributed by atoms with van der Waals surface area (Å²) in [6.07, 6.45) is 0. The molecule has 2 aromatic carbocycles. The van der Waals surface area contributed by atoms with Crippen LogP contribution < -0.4 is 10.6 Å². The Morgan fingerprint density at radius 2 is 1.88 bits per heavy atom. The van der Waals surface area contributed by atoms with Crippen molar-refractivity contribution in [2.45, 2.75) is 6.54 Å². The SMILES string of the molecule is O=C1NCc2cc(Nc3nc4cccc(-c5ccccc5)n4n3)ccc21. The Bertz CT molecular complexity index is 1130. The first-order valence-corrected chi connectivity index (χ1v) is 8.37. The highest BCUT2D eigenvalue weighted by Gasteiger charge is 2.18. The standard InChI is InChI=1S/C20H15N5O/c26-19-16-10-9-15(11-14(16)12-21-19)22-20-23-18-8-4-7-17(25(18)24-20)13-5-2-1-3-6-13/h1-11H,12H2,(H,21,26)(H,22,24). The zero-order valence-electron chi connectivity index (χ0n) is 13.8.